The van der Waals surface area contributed by atoms with E-state index < -0.39 is 0 Å². The van der Waals surface area contributed by atoms with Gasteiger partial charge in [-0.1, -0.05) is 49.6 Å². The Bertz CT molecular complexity index is 459. The summed E-state index contributed by atoms with van der Waals surface area (Å²) >= 11 is 0. The number of carbonyl (C=O) groups excluding carboxylic acids is 2. The highest BCUT2D eigenvalue weighted by molar-refractivity contribution is 5.90. The van der Waals surface area contributed by atoms with Crippen LogP contribution >= 0.6 is 0 Å². The van der Waals surface area contributed by atoms with Crippen molar-refractivity contribution in [2.45, 2.75) is 32.1 Å². The number of amides is 1. The molecule has 0 spiro atoms. The van der Waals surface area contributed by atoms with E-state index in [1.54, 1.807) is 6.08 Å². The number of benzene rings is 1. The number of allylic oxidation sites excluding steroid dienone is 1. The monoisotopic (exact) mass is 257 g/mol. The Morgan fingerprint density at radius 3 is 2.42 bits per heavy atom. The lowest BCUT2D eigenvalue weighted by Gasteiger charge is -2.20. The van der Waals surface area contributed by atoms with E-state index in [4.69, 9.17) is 0 Å². The Hall–Kier alpha value is -1.90. The van der Waals surface area contributed by atoms with E-state index in [1.807, 2.05) is 30.3 Å². The van der Waals surface area contributed by atoms with Gasteiger partial charge in [0, 0.05) is 5.92 Å². The van der Waals surface area contributed by atoms with Crippen LogP contribution in [0.2, 0.25) is 0 Å². The molecule has 1 aromatic rings. The molecule has 0 aromatic heterocycles. The summed E-state index contributed by atoms with van der Waals surface area (Å²) in [7, 11) is 0. The molecular weight excluding hydrogens is 238 g/mol. The van der Waals surface area contributed by atoms with E-state index in [0.29, 0.717) is 12.0 Å². The molecule has 1 saturated carbocycles. The maximum absolute atomic E-state index is 12.0. The van der Waals surface area contributed by atoms with Gasteiger partial charge in [0.25, 0.3) is 0 Å². The van der Waals surface area contributed by atoms with Crippen LogP contribution in [0.15, 0.2) is 36.0 Å². The third-order valence-corrected chi connectivity index (χ3v) is 3.49. The molecule has 0 aliphatic heterocycles. The summed E-state index contributed by atoms with van der Waals surface area (Å²) in [6.45, 7) is 0. The van der Waals surface area contributed by atoms with Crippen LogP contribution in [-0.4, -0.2) is 12.2 Å². The maximum atomic E-state index is 12.0. The van der Waals surface area contributed by atoms with Crippen LogP contribution in [0, 0.1) is 5.92 Å². The van der Waals surface area contributed by atoms with Crippen molar-refractivity contribution in [2.24, 2.45) is 5.92 Å². The zero-order valence-electron chi connectivity index (χ0n) is 11.0. The van der Waals surface area contributed by atoms with Gasteiger partial charge in [-0.25, -0.2) is 0 Å². The molecule has 0 heterocycles. The smallest absolute Gasteiger partial charge is 0.227 e. The van der Waals surface area contributed by atoms with Gasteiger partial charge < -0.3 is 5.32 Å². The zero-order chi connectivity index (χ0) is 13.5. The van der Waals surface area contributed by atoms with Gasteiger partial charge in [0.15, 0.2) is 6.29 Å². The molecule has 0 atom stereocenters. The predicted molar refractivity (Wildman–Crippen MR) is 75.2 cm³/mol. The molecule has 3 nitrogen and oxygen atoms in total. The molecular formula is C16H19NO2. The molecule has 2 rings (SSSR count). The molecule has 0 unspecified atom stereocenters. The van der Waals surface area contributed by atoms with Crippen LogP contribution in [0.3, 0.4) is 0 Å². The lowest BCUT2D eigenvalue weighted by molar-refractivity contribution is -0.125. The summed E-state index contributed by atoms with van der Waals surface area (Å²) in [5.41, 5.74) is 1.25. The van der Waals surface area contributed by atoms with E-state index in [9.17, 15) is 9.59 Å². The van der Waals surface area contributed by atoms with Gasteiger partial charge in [-0.15, -0.1) is 0 Å². The molecule has 1 aromatic carbocycles. The molecule has 1 aliphatic carbocycles. The van der Waals surface area contributed by atoms with Crippen LogP contribution in [0.1, 0.15) is 37.7 Å². The Morgan fingerprint density at radius 2 is 1.79 bits per heavy atom. The molecule has 100 valence electrons. The zero-order valence-corrected chi connectivity index (χ0v) is 11.0. The topological polar surface area (TPSA) is 46.2 Å². The van der Waals surface area contributed by atoms with Crippen LogP contribution < -0.4 is 5.32 Å². The van der Waals surface area contributed by atoms with E-state index >= 15 is 0 Å². The van der Waals surface area contributed by atoms with Crippen molar-refractivity contribution in [3.63, 3.8) is 0 Å². The first-order valence-corrected chi connectivity index (χ1v) is 6.82. The fourth-order valence-electron chi connectivity index (χ4n) is 2.44. The molecule has 0 saturated heterocycles. The highest BCUT2D eigenvalue weighted by atomic mass is 16.2. The first-order chi connectivity index (χ1) is 9.29. The summed E-state index contributed by atoms with van der Waals surface area (Å²) in [5, 5.41) is 2.74. The lowest BCUT2D eigenvalue weighted by atomic mass is 9.88. The van der Waals surface area contributed by atoms with Crippen molar-refractivity contribution in [1.29, 1.82) is 0 Å². The van der Waals surface area contributed by atoms with Crippen molar-refractivity contribution in [3.8, 4) is 0 Å². The molecule has 0 bridgehead atoms. The van der Waals surface area contributed by atoms with Crippen LogP contribution in [0.25, 0.3) is 6.08 Å². The summed E-state index contributed by atoms with van der Waals surface area (Å²) in [6.07, 6.45) is 7.70. The third-order valence-electron chi connectivity index (χ3n) is 3.49. The summed E-state index contributed by atoms with van der Waals surface area (Å²) in [4.78, 5) is 23.1. The fraction of sp³-hybridized carbons (Fsp3) is 0.375. The Morgan fingerprint density at radius 1 is 1.11 bits per heavy atom. The first kappa shape index (κ1) is 13.5. The normalized spacial score (nSPS) is 16.9. The second-order valence-electron chi connectivity index (χ2n) is 4.95. The maximum Gasteiger partial charge on any atom is 0.227 e. The van der Waals surface area contributed by atoms with Crippen LogP contribution in [0.4, 0.5) is 0 Å². The molecule has 0 radical (unpaired) electrons. The van der Waals surface area contributed by atoms with Gasteiger partial charge in [-0.05, 0) is 24.5 Å². The quantitative estimate of drug-likeness (QED) is 0.666. The standard InChI is InChI=1S/C16H19NO2/c18-12-15(11-13-7-3-1-4-8-13)17-16(19)14-9-5-2-6-10-14/h1,3-4,7-8,11-12,14H,2,5-6,9-10H2,(H,17,19). The molecule has 1 aliphatic rings. The lowest BCUT2D eigenvalue weighted by Crippen LogP contribution is -2.31. The van der Waals surface area contributed by atoms with E-state index in [2.05, 4.69) is 5.32 Å². The fourth-order valence-corrected chi connectivity index (χ4v) is 2.44. The second-order valence-corrected chi connectivity index (χ2v) is 4.95. The molecule has 1 fully saturated rings. The van der Waals surface area contributed by atoms with Gasteiger partial charge >= 0.3 is 0 Å². The summed E-state index contributed by atoms with van der Waals surface area (Å²) < 4.78 is 0. The second kappa shape index (κ2) is 6.88. The van der Waals surface area contributed by atoms with Crippen molar-refractivity contribution < 1.29 is 9.59 Å². The van der Waals surface area contributed by atoms with Crippen LogP contribution in [-0.2, 0) is 9.59 Å². The minimum atomic E-state index is -0.0195. The van der Waals surface area contributed by atoms with Crippen molar-refractivity contribution in [2.75, 3.05) is 0 Å². The molecule has 1 amide bonds. The summed E-state index contributed by atoms with van der Waals surface area (Å²) in [5.74, 6) is 0.0434. The average Bonchev–Trinajstić information content (AvgIpc) is 2.48. The van der Waals surface area contributed by atoms with Crippen molar-refractivity contribution >= 4 is 18.3 Å². The third kappa shape index (κ3) is 4.05. The highest BCUT2D eigenvalue weighted by Gasteiger charge is 2.21. The Kier molecular flexibility index (Phi) is 4.90. The molecule has 3 heteroatoms. The van der Waals surface area contributed by atoms with Gasteiger partial charge in [0.05, 0.1) is 5.70 Å². The Balaban J connectivity index is 2.00. The summed E-state index contributed by atoms with van der Waals surface area (Å²) in [6, 6.07) is 9.51. The van der Waals surface area contributed by atoms with E-state index in [-0.39, 0.29) is 11.8 Å². The molecule has 19 heavy (non-hydrogen) atoms. The SMILES string of the molecule is O=CC(=Cc1ccccc1)NC(=O)C1CCCCC1. The minimum absolute atomic E-state index is 0.0195. The largest absolute Gasteiger partial charge is 0.323 e. The van der Waals surface area contributed by atoms with Crippen molar-refractivity contribution in [3.05, 3.63) is 41.6 Å². The van der Waals surface area contributed by atoms with Gasteiger partial charge in [-0.2, -0.15) is 0 Å². The van der Waals surface area contributed by atoms with Gasteiger partial charge in [0.2, 0.25) is 5.91 Å². The highest BCUT2D eigenvalue weighted by Crippen LogP contribution is 2.23. The number of aldehydes is 1. The number of rotatable bonds is 4. The number of nitrogens with one attached hydrogen (secondary N) is 1. The van der Waals surface area contributed by atoms with E-state index in [0.717, 1.165) is 31.2 Å². The average molecular weight is 257 g/mol. The number of carbonyl (C=O) groups is 2. The van der Waals surface area contributed by atoms with Gasteiger partial charge in [-0.3, -0.25) is 9.59 Å². The number of hydrogen-bond donors (Lipinski definition) is 1. The minimum Gasteiger partial charge on any atom is -0.323 e. The van der Waals surface area contributed by atoms with Crippen molar-refractivity contribution in [1.82, 2.24) is 5.32 Å². The van der Waals surface area contributed by atoms with Gasteiger partial charge in [0.1, 0.15) is 0 Å². The Labute approximate surface area is 113 Å². The first-order valence-electron chi connectivity index (χ1n) is 6.82. The molecule has 1 N–H and O–H groups in total. The van der Waals surface area contributed by atoms with E-state index in [1.165, 1.54) is 6.42 Å². The predicted octanol–water partition coefficient (Wildman–Crippen LogP) is 2.92. The van der Waals surface area contributed by atoms with Crippen LogP contribution in [0.5, 0.6) is 0 Å². The number of hydrogen-bond acceptors (Lipinski definition) is 2.